The van der Waals surface area contributed by atoms with Gasteiger partial charge in [0.15, 0.2) is 57.2 Å². The van der Waals surface area contributed by atoms with Crippen LogP contribution in [0.1, 0.15) is 22.3 Å². The van der Waals surface area contributed by atoms with Crippen molar-refractivity contribution < 1.29 is 68.6 Å². The maximum atomic E-state index is 13.0. The van der Waals surface area contributed by atoms with Crippen molar-refractivity contribution in [2.75, 3.05) is 41.7 Å². The molecule has 0 bridgehead atoms. The molecule has 2 aliphatic heterocycles. The zero-order valence-corrected chi connectivity index (χ0v) is 30.1. The van der Waals surface area contributed by atoms with Crippen LogP contribution in [0, 0.1) is 11.8 Å². The summed E-state index contributed by atoms with van der Waals surface area (Å²) in [5.41, 5.74) is -1.49. The molecule has 54 heavy (non-hydrogen) atoms. The fraction of sp³-hybridized carbons (Fsp3) is 0.350. The molecule has 0 radical (unpaired) electrons. The number of benzene rings is 4. The predicted octanol–water partition coefficient (Wildman–Crippen LogP) is 3.59. The third kappa shape index (κ3) is 6.97. The first-order valence-electron chi connectivity index (χ1n) is 17.1. The summed E-state index contributed by atoms with van der Waals surface area (Å²) in [5.74, 6) is -3.44. The molecule has 286 valence electrons. The first-order valence-corrected chi connectivity index (χ1v) is 17.1. The van der Waals surface area contributed by atoms with Gasteiger partial charge in [0.25, 0.3) is 0 Å². The molecule has 0 aromatic heterocycles. The number of aromatic hydroxyl groups is 4. The van der Waals surface area contributed by atoms with Crippen molar-refractivity contribution in [1.82, 2.24) is 0 Å². The molecule has 0 spiro atoms. The van der Waals surface area contributed by atoms with Crippen LogP contribution >= 0.6 is 0 Å². The summed E-state index contributed by atoms with van der Waals surface area (Å²) in [6.07, 6.45) is -0.0743. The van der Waals surface area contributed by atoms with E-state index in [4.69, 9.17) is 28.4 Å². The van der Waals surface area contributed by atoms with Crippen LogP contribution in [0.5, 0.6) is 46.0 Å². The number of methoxy groups -OCH3 is 4. The van der Waals surface area contributed by atoms with Gasteiger partial charge in [-0.05, 0) is 83.6 Å². The summed E-state index contributed by atoms with van der Waals surface area (Å²) < 4.78 is 32.0. The second-order valence-electron chi connectivity index (χ2n) is 13.6. The van der Waals surface area contributed by atoms with Crippen LogP contribution in [0.4, 0.5) is 0 Å². The molecular weight excluding hydrogens is 704 g/mol. The molecule has 4 atom stereocenters. The Labute approximate surface area is 310 Å². The number of phenolic OH excluding ortho intramolecular Hbond substituents is 4. The number of rotatable bonds is 13. The third-order valence-corrected chi connectivity index (χ3v) is 10.3. The van der Waals surface area contributed by atoms with Gasteiger partial charge in [-0.1, -0.05) is 12.1 Å². The Bertz CT molecular complexity index is 1930. The molecule has 2 unspecified atom stereocenters. The van der Waals surface area contributed by atoms with Crippen molar-refractivity contribution in [1.29, 1.82) is 0 Å². The highest BCUT2D eigenvalue weighted by molar-refractivity contribution is 5.84. The van der Waals surface area contributed by atoms with Crippen molar-refractivity contribution in [2.45, 2.75) is 36.9 Å². The van der Waals surface area contributed by atoms with Crippen molar-refractivity contribution in [3.63, 3.8) is 0 Å². The summed E-state index contributed by atoms with van der Waals surface area (Å²) in [4.78, 5) is 25.9. The molecule has 0 saturated carbocycles. The van der Waals surface area contributed by atoms with E-state index in [1.807, 2.05) is 0 Å². The maximum Gasteiger partial charge on any atom is 0.338 e. The van der Waals surface area contributed by atoms with E-state index >= 15 is 0 Å². The molecule has 4 aromatic rings. The molecule has 6 N–H and O–H groups in total. The number of aliphatic hydroxyl groups is 2. The van der Waals surface area contributed by atoms with E-state index in [0.717, 1.165) is 0 Å². The van der Waals surface area contributed by atoms with Gasteiger partial charge in [-0.3, -0.25) is 0 Å². The van der Waals surface area contributed by atoms with Crippen LogP contribution in [0.2, 0.25) is 0 Å². The Morgan fingerprint density at radius 3 is 1.26 bits per heavy atom. The minimum atomic E-state index is -1.94. The van der Waals surface area contributed by atoms with Crippen LogP contribution in [0.3, 0.4) is 0 Å². The molecule has 6 rings (SSSR count). The van der Waals surface area contributed by atoms with E-state index in [0.29, 0.717) is 22.3 Å². The zero-order chi connectivity index (χ0) is 38.9. The lowest BCUT2D eigenvalue weighted by molar-refractivity contribution is -0.154. The Morgan fingerprint density at radius 1 is 0.556 bits per heavy atom. The van der Waals surface area contributed by atoms with Gasteiger partial charge < -0.3 is 59.1 Å². The van der Waals surface area contributed by atoms with Crippen molar-refractivity contribution in [2.24, 2.45) is 11.8 Å². The number of ether oxygens (including phenoxy) is 6. The van der Waals surface area contributed by atoms with E-state index in [9.17, 15) is 40.2 Å². The molecule has 2 aliphatic rings. The number of carbonyl (C=O) groups excluding carboxylic acids is 2. The molecule has 14 heteroatoms. The lowest BCUT2D eigenvalue weighted by Gasteiger charge is -2.26. The first kappa shape index (κ1) is 37.9. The maximum absolute atomic E-state index is 13.0. The normalized spacial score (nSPS) is 22.1. The lowest BCUT2D eigenvalue weighted by atomic mass is 9.80. The molecule has 0 amide bonds. The Morgan fingerprint density at radius 2 is 0.907 bits per heavy atom. The number of carbonyl (C=O) groups is 2. The first-order chi connectivity index (χ1) is 25.7. The average Bonchev–Trinajstić information content (AvgIpc) is 3.58. The van der Waals surface area contributed by atoms with Crippen LogP contribution in [-0.4, -0.2) is 95.4 Å². The summed E-state index contributed by atoms with van der Waals surface area (Å²) >= 11 is 0. The largest absolute Gasteiger partial charge is 0.504 e. The van der Waals surface area contributed by atoms with Crippen LogP contribution in [-0.2, 0) is 44.7 Å². The highest BCUT2D eigenvalue weighted by Gasteiger charge is 2.52. The predicted molar refractivity (Wildman–Crippen MR) is 191 cm³/mol. The van der Waals surface area contributed by atoms with Gasteiger partial charge in [0.2, 0.25) is 0 Å². The van der Waals surface area contributed by atoms with E-state index in [-0.39, 0.29) is 96.0 Å². The van der Waals surface area contributed by atoms with E-state index < -0.39 is 35.0 Å². The van der Waals surface area contributed by atoms with Gasteiger partial charge in [0, 0.05) is 35.8 Å². The quantitative estimate of drug-likeness (QED) is 0.108. The molecule has 2 saturated heterocycles. The topological polar surface area (TPSA) is 211 Å². The highest BCUT2D eigenvalue weighted by atomic mass is 16.6. The van der Waals surface area contributed by atoms with Crippen LogP contribution < -0.4 is 18.9 Å². The average molecular weight is 747 g/mol. The summed E-state index contributed by atoms with van der Waals surface area (Å²) in [6, 6.07) is 15.3. The van der Waals surface area contributed by atoms with Gasteiger partial charge >= 0.3 is 11.9 Å². The second-order valence-corrected chi connectivity index (χ2v) is 13.6. The number of phenols is 4. The number of hydrogen-bond donors (Lipinski definition) is 6. The van der Waals surface area contributed by atoms with Gasteiger partial charge in [-0.15, -0.1) is 0 Å². The van der Waals surface area contributed by atoms with E-state index in [2.05, 4.69) is 0 Å². The number of hydrogen-bond acceptors (Lipinski definition) is 14. The molecule has 2 fully saturated rings. The molecule has 4 aromatic carbocycles. The van der Waals surface area contributed by atoms with Crippen molar-refractivity contribution in [3.05, 3.63) is 82.9 Å². The lowest BCUT2D eigenvalue weighted by Crippen LogP contribution is -2.44. The van der Waals surface area contributed by atoms with Crippen LogP contribution in [0.15, 0.2) is 60.7 Å². The fourth-order valence-corrected chi connectivity index (χ4v) is 7.24. The van der Waals surface area contributed by atoms with E-state index in [1.165, 1.54) is 52.7 Å². The standard InChI is InChI=1S/C40H42O14/c1-49-31-13-21(5-7-29(31)41)17-39(47)25(19-53-37(39)45)9-23-11-27(35(43)33(15-23)51-3)28-12-24(16-34(52-4)36(28)44)10-26-20-54-38(46)40(26,48)18-22-6-8-30(42)32(14-22)50-2/h5-8,11-16,25-26,41-44,47-48H,9-10,17-20H2,1-4H3/t25?,26?,39-,40-/m0/s1. The van der Waals surface area contributed by atoms with E-state index in [1.54, 1.807) is 36.4 Å². The minimum Gasteiger partial charge on any atom is -0.504 e. The van der Waals surface area contributed by atoms with Gasteiger partial charge in [0.1, 0.15) is 0 Å². The molecule has 2 heterocycles. The van der Waals surface area contributed by atoms with Crippen molar-refractivity contribution in [3.8, 4) is 57.1 Å². The van der Waals surface area contributed by atoms with Crippen LogP contribution in [0.25, 0.3) is 11.1 Å². The summed E-state index contributed by atoms with van der Waals surface area (Å²) in [6.45, 7) is -0.195. The van der Waals surface area contributed by atoms with Crippen molar-refractivity contribution >= 4 is 11.9 Å². The summed E-state index contributed by atoms with van der Waals surface area (Å²) in [7, 11) is 5.50. The monoisotopic (exact) mass is 746 g/mol. The Balaban J connectivity index is 1.33. The molecular formula is C40H42O14. The Hall–Kier alpha value is -5.86. The minimum absolute atomic E-state index is 0.0526. The second kappa shape index (κ2) is 14.9. The SMILES string of the molecule is COc1cc(C[C@@]2(O)C(=O)OCC2Cc2cc(OC)c(O)c(-c3cc(CC4COC(=O)[C@]4(O)Cc4ccc(O)c(OC)c4)cc(OC)c3O)c2)ccc1O. The number of cyclic esters (lactones) is 2. The highest BCUT2D eigenvalue weighted by Crippen LogP contribution is 2.47. The zero-order valence-electron chi connectivity index (χ0n) is 30.1. The third-order valence-electron chi connectivity index (χ3n) is 10.3. The van der Waals surface area contributed by atoms with Gasteiger partial charge in [0.05, 0.1) is 41.7 Å². The van der Waals surface area contributed by atoms with Gasteiger partial charge in [-0.2, -0.15) is 0 Å². The fourth-order valence-electron chi connectivity index (χ4n) is 7.24. The smallest absolute Gasteiger partial charge is 0.338 e. The summed E-state index contributed by atoms with van der Waals surface area (Å²) in [5, 5.41) is 66.3. The Kier molecular flexibility index (Phi) is 10.4. The van der Waals surface area contributed by atoms with Gasteiger partial charge in [-0.25, -0.2) is 9.59 Å². The molecule has 0 aliphatic carbocycles. The molecule has 14 nitrogen and oxygen atoms in total. The number of esters is 2.